The van der Waals surface area contributed by atoms with Gasteiger partial charge in [0.15, 0.2) is 0 Å². The van der Waals surface area contributed by atoms with E-state index in [0.717, 1.165) is 10.7 Å². The van der Waals surface area contributed by atoms with Gasteiger partial charge in [0.05, 0.1) is 17.0 Å². The van der Waals surface area contributed by atoms with Gasteiger partial charge in [-0.05, 0) is 13.8 Å². The number of rotatable bonds is 6. The standard InChI is InChI=1S/C13H25N3O2S2/c1-12(2,3)11-15-10(8-19-11)7-14-9-13(4,5)16-20(6,17)18/h8,14,16H,7,9H2,1-6H3. The van der Waals surface area contributed by atoms with Crippen molar-refractivity contribution >= 4 is 21.4 Å². The van der Waals surface area contributed by atoms with Crippen LogP contribution in [0.5, 0.6) is 0 Å². The molecule has 5 nitrogen and oxygen atoms in total. The van der Waals surface area contributed by atoms with E-state index in [1.54, 1.807) is 11.3 Å². The second-order valence-electron chi connectivity index (χ2n) is 6.76. The zero-order valence-corrected chi connectivity index (χ0v) is 14.7. The van der Waals surface area contributed by atoms with Crippen molar-refractivity contribution in [3.8, 4) is 0 Å². The number of nitrogens with one attached hydrogen (secondary N) is 2. The second kappa shape index (κ2) is 6.09. The lowest BCUT2D eigenvalue weighted by Crippen LogP contribution is -2.49. The number of hydrogen-bond acceptors (Lipinski definition) is 5. The van der Waals surface area contributed by atoms with Crippen LogP contribution in [0.3, 0.4) is 0 Å². The molecule has 0 amide bonds. The first kappa shape index (κ1) is 17.6. The first-order valence-electron chi connectivity index (χ1n) is 6.54. The molecule has 0 aromatic carbocycles. The van der Waals surface area contributed by atoms with Gasteiger partial charge in [-0.1, -0.05) is 20.8 Å². The van der Waals surface area contributed by atoms with Crippen molar-refractivity contribution in [2.24, 2.45) is 0 Å². The molecule has 0 radical (unpaired) electrons. The predicted octanol–water partition coefficient (Wildman–Crippen LogP) is 1.86. The number of hydrogen-bond donors (Lipinski definition) is 2. The fraction of sp³-hybridized carbons (Fsp3) is 0.769. The van der Waals surface area contributed by atoms with E-state index < -0.39 is 15.6 Å². The summed E-state index contributed by atoms with van der Waals surface area (Å²) in [6.45, 7) is 11.3. The third kappa shape index (κ3) is 6.30. The molecule has 0 aliphatic heterocycles. The quantitative estimate of drug-likeness (QED) is 0.839. The molecule has 0 aliphatic carbocycles. The molecule has 0 saturated heterocycles. The zero-order chi connectivity index (χ0) is 15.6. The van der Waals surface area contributed by atoms with Crippen LogP contribution in [-0.4, -0.2) is 31.7 Å². The summed E-state index contributed by atoms with van der Waals surface area (Å²) in [5.74, 6) is 0. The average molecular weight is 319 g/mol. The van der Waals surface area contributed by atoms with Crippen molar-refractivity contribution < 1.29 is 8.42 Å². The first-order valence-corrected chi connectivity index (χ1v) is 9.31. The topological polar surface area (TPSA) is 71.1 Å². The van der Waals surface area contributed by atoms with Crippen LogP contribution >= 0.6 is 11.3 Å². The second-order valence-corrected chi connectivity index (χ2v) is 9.36. The third-order valence-corrected chi connectivity index (χ3v) is 4.77. The highest BCUT2D eigenvalue weighted by Crippen LogP contribution is 2.25. The van der Waals surface area contributed by atoms with E-state index in [0.29, 0.717) is 13.1 Å². The fourth-order valence-corrected chi connectivity index (χ4v) is 3.76. The molecule has 116 valence electrons. The van der Waals surface area contributed by atoms with E-state index in [-0.39, 0.29) is 5.41 Å². The number of sulfonamides is 1. The Morgan fingerprint density at radius 1 is 1.25 bits per heavy atom. The maximum absolute atomic E-state index is 11.2. The molecule has 1 aromatic heterocycles. The summed E-state index contributed by atoms with van der Waals surface area (Å²) >= 11 is 1.66. The Labute approximate surface area is 126 Å². The molecule has 0 atom stereocenters. The normalized spacial score (nSPS) is 13.7. The molecule has 1 aromatic rings. The molecular weight excluding hydrogens is 294 g/mol. The third-order valence-electron chi connectivity index (χ3n) is 2.53. The van der Waals surface area contributed by atoms with Gasteiger partial charge in [0.1, 0.15) is 0 Å². The molecule has 7 heteroatoms. The van der Waals surface area contributed by atoms with Crippen LogP contribution in [0.15, 0.2) is 5.38 Å². The number of nitrogens with zero attached hydrogens (tertiary/aromatic N) is 1. The Morgan fingerprint density at radius 3 is 2.30 bits per heavy atom. The van der Waals surface area contributed by atoms with Crippen LogP contribution < -0.4 is 10.0 Å². The molecule has 0 aliphatic rings. The number of thiazole rings is 1. The Hall–Kier alpha value is -0.500. The fourth-order valence-electron chi connectivity index (χ4n) is 1.77. The SMILES string of the molecule is CC(C)(CNCc1csc(C(C)(C)C)n1)NS(C)(=O)=O. The van der Waals surface area contributed by atoms with E-state index in [2.05, 4.69) is 35.8 Å². The van der Waals surface area contributed by atoms with E-state index in [1.165, 1.54) is 6.26 Å². The van der Waals surface area contributed by atoms with Gasteiger partial charge in [0.2, 0.25) is 10.0 Å². The lowest BCUT2D eigenvalue weighted by Gasteiger charge is -2.25. The largest absolute Gasteiger partial charge is 0.309 e. The lowest BCUT2D eigenvalue weighted by atomic mass is 9.98. The zero-order valence-electron chi connectivity index (χ0n) is 13.1. The van der Waals surface area contributed by atoms with Crippen LogP contribution in [0.25, 0.3) is 0 Å². The van der Waals surface area contributed by atoms with Crippen LogP contribution in [-0.2, 0) is 22.0 Å². The van der Waals surface area contributed by atoms with E-state index in [4.69, 9.17) is 0 Å². The summed E-state index contributed by atoms with van der Waals surface area (Å²) in [5.41, 5.74) is 0.548. The van der Waals surface area contributed by atoms with Gasteiger partial charge in [0, 0.05) is 29.4 Å². The summed E-state index contributed by atoms with van der Waals surface area (Å²) < 4.78 is 25.1. The van der Waals surface area contributed by atoms with E-state index >= 15 is 0 Å². The molecular formula is C13H25N3O2S2. The van der Waals surface area contributed by atoms with Crippen molar-refractivity contribution in [1.29, 1.82) is 0 Å². The van der Waals surface area contributed by atoms with E-state index in [9.17, 15) is 8.42 Å². The van der Waals surface area contributed by atoms with Crippen molar-refractivity contribution in [1.82, 2.24) is 15.0 Å². The Balaban J connectivity index is 2.51. The smallest absolute Gasteiger partial charge is 0.209 e. The summed E-state index contributed by atoms with van der Waals surface area (Å²) in [4.78, 5) is 4.59. The molecule has 2 N–H and O–H groups in total. The maximum atomic E-state index is 11.2. The molecule has 1 heterocycles. The van der Waals surface area contributed by atoms with Gasteiger partial charge in [0.25, 0.3) is 0 Å². The average Bonchev–Trinajstić information content (AvgIpc) is 2.60. The van der Waals surface area contributed by atoms with E-state index in [1.807, 2.05) is 19.2 Å². The van der Waals surface area contributed by atoms with Crippen molar-refractivity contribution in [2.45, 2.75) is 52.1 Å². The first-order chi connectivity index (χ1) is 8.89. The van der Waals surface area contributed by atoms with Gasteiger partial charge in [-0.25, -0.2) is 18.1 Å². The predicted molar refractivity (Wildman–Crippen MR) is 84.6 cm³/mol. The summed E-state index contributed by atoms with van der Waals surface area (Å²) in [5, 5.41) is 6.41. The molecule has 0 saturated carbocycles. The molecule has 0 fully saturated rings. The Bertz CT molecular complexity index is 542. The highest BCUT2D eigenvalue weighted by Gasteiger charge is 2.22. The maximum Gasteiger partial charge on any atom is 0.209 e. The van der Waals surface area contributed by atoms with Crippen LogP contribution in [0.2, 0.25) is 0 Å². The monoisotopic (exact) mass is 319 g/mol. The van der Waals surface area contributed by atoms with Crippen molar-refractivity contribution in [3.63, 3.8) is 0 Å². The lowest BCUT2D eigenvalue weighted by molar-refractivity contribution is 0.419. The van der Waals surface area contributed by atoms with Crippen molar-refractivity contribution in [3.05, 3.63) is 16.1 Å². The summed E-state index contributed by atoms with van der Waals surface area (Å²) in [6, 6.07) is 0. The van der Waals surface area contributed by atoms with Gasteiger partial charge in [-0.3, -0.25) is 0 Å². The summed E-state index contributed by atoms with van der Waals surface area (Å²) in [6.07, 6.45) is 1.17. The van der Waals surface area contributed by atoms with Crippen LogP contribution in [0, 0.1) is 0 Å². The van der Waals surface area contributed by atoms with Crippen molar-refractivity contribution in [2.75, 3.05) is 12.8 Å². The van der Waals surface area contributed by atoms with Gasteiger partial charge in [-0.15, -0.1) is 11.3 Å². The van der Waals surface area contributed by atoms with Gasteiger partial charge < -0.3 is 5.32 Å². The molecule has 0 spiro atoms. The Kier molecular flexibility index (Phi) is 5.34. The minimum atomic E-state index is -3.20. The highest BCUT2D eigenvalue weighted by atomic mass is 32.2. The number of aromatic nitrogens is 1. The van der Waals surface area contributed by atoms with Gasteiger partial charge >= 0.3 is 0 Å². The Morgan fingerprint density at radius 2 is 1.85 bits per heavy atom. The molecule has 0 unspecified atom stereocenters. The highest BCUT2D eigenvalue weighted by molar-refractivity contribution is 7.88. The minimum absolute atomic E-state index is 0.0695. The minimum Gasteiger partial charge on any atom is -0.309 e. The van der Waals surface area contributed by atoms with Gasteiger partial charge in [-0.2, -0.15) is 0 Å². The van der Waals surface area contributed by atoms with Crippen LogP contribution in [0.4, 0.5) is 0 Å². The summed E-state index contributed by atoms with van der Waals surface area (Å²) in [7, 11) is -3.20. The van der Waals surface area contributed by atoms with Crippen LogP contribution in [0.1, 0.15) is 45.3 Å². The molecule has 1 rings (SSSR count). The molecule has 20 heavy (non-hydrogen) atoms. The molecule has 0 bridgehead atoms.